The molecular weight excluding hydrogens is 323 g/mol. The third-order valence-electron chi connectivity index (χ3n) is 4.49. The average molecular weight is 338 g/mol. The van der Waals surface area contributed by atoms with E-state index in [1.165, 1.54) is 18.4 Å². The summed E-state index contributed by atoms with van der Waals surface area (Å²) in [4.78, 5) is 25.9. The molecule has 4 rings (SSSR count). The molecule has 1 aliphatic rings. The predicted molar refractivity (Wildman–Crippen MR) is 92.3 cm³/mol. The first-order chi connectivity index (χ1) is 12.0. The smallest absolute Gasteiger partial charge is 0.259 e. The number of furan rings is 1. The van der Waals surface area contributed by atoms with Crippen molar-refractivity contribution in [2.75, 3.05) is 17.3 Å². The van der Waals surface area contributed by atoms with Crippen LogP contribution in [0, 0.1) is 5.82 Å². The second-order valence-corrected chi connectivity index (χ2v) is 6.01. The van der Waals surface area contributed by atoms with Gasteiger partial charge in [0.25, 0.3) is 5.91 Å². The Hall–Kier alpha value is -3.15. The van der Waals surface area contributed by atoms with Crippen LogP contribution < -0.4 is 10.2 Å². The van der Waals surface area contributed by atoms with Crippen LogP contribution in [-0.2, 0) is 11.2 Å². The highest BCUT2D eigenvalue weighted by Gasteiger charge is 2.22. The molecule has 0 saturated carbocycles. The number of halogens is 1. The molecule has 0 fully saturated rings. The Morgan fingerprint density at radius 1 is 1.20 bits per heavy atom. The molecule has 25 heavy (non-hydrogen) atoms. The van der Waals surface area contributed by atoms with Gasteiger partial charge >= 0.3 is 0 Å². The van der Waals surface area contributed by atoms with Crippen molar-refractivity contribution in [3.05, 3.63) is 59.6 Å². The lowest BCUT2D eigenvalue weighted by Gasteiger charge is -2.26. The fraction of sp³-hybridized carbons (Fsp3) is 0.158. The Kier molecular flexibility index (Phi) is 3.53. The third kappa shape index (κ3) is 2.55. The van der Waals surface area contributed by atoms with Gasteiger partial charge in [0.15, 0.2) is 0 Å². The molecule has 0 atom stereocenters. The molecule has 3 aromatic rings. The molecule has 0 bridgehead atoms. The highest BCUT2D eigenvalue weighted by Crippen LogP contribution is 2.30. The second kappa shape index (κ2) is 5.73. The number of rotatable bonds is 2. The number of benzene rings is 2. The van der Waals surface area contributed by atoms with Crippen molar-refractivity contribution in [2.24, 2.45) is 0 Å². The molecule has 1 aromatic heterocycles. The molecule has 0 radical (unpaired) electrons. The quantitative estimate of drug-likeness (QED) is 0.774. The van der Waals surface area contributed by atoms with Gasteiger partial charge in [-0.1, -0.05) is 0 Å². The normalized spacial score (nSPS) is 13.8. The molecule has 126 valence electrons. The number of nitrogens with zero attached hydrogens (tertiary/aromatic N) is 1. The SMILES string of the molecule is CN1C(=O)CCc2cc(NC(=O)c3c(F)ccc4occc34)ccc21. The lowest BCUT2D eigenvalue weighted by molar-refractivity contribution is -0.118. The van der Waals surface area contributed by atoms with Gasteiger partial charge in [0.2, 0.25) is 5.91 Å². The molecule has 0 saturated heterocycles. The number of carbonyl (C=O) groups is 2. The van der Waals surface area contributed by atoms with Gasteiger partial charge in [0.1, 0.15) is 11.4 Å². The summed E-state index contributed by atoms with van der Waals surface area (Å²) in [6, 6.07) is 9.60. The molecule has 6 heteroatoms. The summed E-state index contributed by atoms with van der Waals surface area (Å²) in [5.41, 5.74) is 2.78. The molecule has 2 amide bonds. The first kappa shape index (κ1) is 15.4. The van der Waals surface area contributed by atoms with Crippen LogP contribution in [0.25, 0.3) is 11.0 Å². The van der Waals surface area contributed by atoms with Gasteiger partial charge in [0.05, 0.1) is 11.8 Å². The van der Waals surface area contributed by atoms with Crippen molar-refractivity contribution in [3.8, 4) is 0 Å². The van der Waals surface area contributed by atoms with E-state index in [4.69, 9.17) is 4.42 Å². The highest BCUT2D eigenvalue weighted by molar-refractivity contribution is 6.12. The minimum Gasteiger partial charge on any atom is -0.464 e. The van der Waals surface area contributed by atoms with Crippen molar-refractivity contribution >= 4 is 34.2 Å². The number of anilines is 2. The zero-order valence-electron chi connectivity index (χ0n) is 13.5. The van der Waals surface area contributed by atoms with E-state index in [1.807, 2.05) is 6.07 Å². The van der Waals surface area contributed by atoms with Gasteiger partial charge in [-0.3, -0.25) is 9.59 Å². The molecule has 5 nitrogen and oxygen atoms in total. The van der Waals surface area contributed by atoms with Crippen LogP contribution in [0.4, 0.5) is 15.8 Å². The van der Waals surface area contributed by atoms with Crippen molar-refractivity contribution < 1.29 is 18.4 Å². The fourth-order valence-electron chi connectivity index (χ4n) is 3.18. The minimum absolute atomic E-state index is 0.0451. The van der Waals surface area contributed by atoms with E-state index < -0.39 is 11.7 Å². The van der Waals surface area contributed by atoms with Crippen molar-refractivity contribution in [1.82, 2.24) is 0 Å². The average Bonchev–Trinajstić information content (AvgIpc) is 3.06. The third-order valence-corrected chi connectivity index (χ3v) is 4.49. The summed E-state index contributed by atoms with van der Waals surface area (Å²) in [6.07, 6.45) is 2.48. The van der Waals surface area contributed by atoms with Crippen LogP contribution in [0.3, 0.4) is 0 Å². The summed E-state index contributed by atoms with van der Waals surface area (Å²) >= 11 is 0. The number of fused-ring (bicyclic) bond motifs is 2. The number of nitrogens with one attached hydrogen (secondary N) is 1. The van der Waals surface area contributed by atoms with Gasteiger partial charge in [-0.05, 0) is 48.4 Å². The summed E-state index contributed by atoms with van der Waals surface area (Å²) in [7, 11) is 1.73. The van der Waals surface area contributed by atoms with E-state index in [9.17, 15) is 14.0 Å². The number of carbonyl (C=O) groups excluding carboxylic acids is 2. The lowest BCUT2D eigenvalue weighted by atomic mass is 10.0. The fourth-order valence-corrected chi connectivity index (χ4v) is 3.18. The Balaban J connectivity index is 1.66. The van der Waals surface area contributed by atoms with Crippen molar-refractivity contribution in [1.29, 1.82) is 0 Å². The topological polar surface area (TPSA) is 62.6 Å². The van der Waals surface area contributed by atoms with Crippen molar-refractivity contribution in [3.63, 3.8) is 0 Å². The monoisotopic (exact) mass is 338 g/mol. The van der Waals surface area contributed by atoms with E-state index in [0.717, 1.165) is 11.3 Å². The largest absolute Gasteiger partial charge is 0.464 e. The van der Waals surface area contributed by atoms with Gasteiger partial charge in [0, 0.05) is 30.2 Å². The molecule has 1 aliphatic heterocycles. The molecule has 2 aromatic carbocycles. The van der Waals surface area contributed by atoms with E-state index in [2.05, 4.69) is 5.32 Å². The Morgan fingerprint density at radius 3 is 2.88 bits per heavy atom. The standard InChI is InChI=1S/C19H15FN2O3/c1-22-15-5-3-12(10-11(15)2-7-17(22)23)21-19(24)18-13-8-9-25-16(13)6-4-14(18)20/h3-6,8-10H,2,7H2,1H3,(H,21,24). The van der Waals surface area contributed by atoms with Crippen LogP contribution in [0.5, 0.6) is 0 Å². The Bertz CT molecular complexity index is 1010. The molecule has 0 aliphatic carbocycles. The van der Waals surface area contributed by atoms with Gasteiger partial charge in [-0.2, -0.15) is 0 Å². The molecule has 0 unspecified atom stereocenters. The van der Waals surface area contributed by atoms with Crippen LogP contribution >= 0.6 is 0 Å². The first-order valence-electron chi connectivity index (χ1n) is 7.91. The zero-order valence-corrected chi connectivity index (χ0v) is 13.5. The maximum absolute atomic E-state index is 14.2. The summed E-state index contributed by atoms with van der Waals surface area (Å²) < 4.78 is 19.4. The minimum atomic E-state index is -0.602. The first-order valence-corrected chi connectivity index (χ1v) is 7.91. The van der Waals surface area contributed by atoms with Crippen molar-refractivity contribution in [2.45, 2.75) is 12.8 Å². The van der Waals surface area contributed by atoms with E-state index in [-0.39, 0.29) is 11.5 Å². The predicted octanol–water partition coefficient (Wildman–Crippen LogP) is 3.73. The Morgan fingerprint density at radius 2 is 2.04 bits per heavy atom. The lowest BCUT2D eigenvalue weighted by Crippen LogP contribution is -2.31. The maximum Gasteiger partial charge on any atom is 0.259 e. The summed E-state index contributed by atoms with van der Waals surface area (Å²) in [5.74, 6) is -1.07. The van der Waals surface area contributed by atoms with Crippen LogP contribution in [0.15, 0.2) is 47.1 Å². The number of hydrogen-bond acceptors (Lipinski definition) is 3. The molecular formula is C19H15FN2O3. The zero-order chi connectivity index (χ0) is 17.6. The molecule has 0 spiro atoms. The molecule has 2 heterocycles. The van der Waals surface area contributed by atoms with Gasteiger partial charge < -0.3 is 14.6 Å². The van der Waals surface area contributed by atoms with Gasteiger partial charge in [-0.25, -0.2) is 4.39 Å². The maximum atomic E-state index is 14.2. The van der Waals surface area contributed by atoms with Crippen LogP contribution in [-0.4, -0.2) is 18.9 Å². The number of aryl methyl sites for hydroxylation is 1. The second-order valence-electron chi connectivity index (χ2n) is 6.01. The van der Waals surface area contributed by atoms with Gasteiger partial charge in [-0.15, -0.1) is 0 Å². The summed E-state index contributed by atoms with van der Waals surface area (Å²) in [6.45, 7) is 0. The summed E-state index contributed by atoms with van der Waals surface area (Å²) in [5, 5.41) is 3.16. The van der Waals surface area contributed by atoms with Crippen LogP contribution in [0.1, 0.15) is 22.3 Å². The van der Waals surface area contributed by atoms with E-state index in [0.29, 0.717) is 29.5 Å². The number of hydrogen-bond donors (Lipinski definition) is 1. The Labute approximate surface area is 143 Å². The van der Waals surface area contributed by atoms with E-state index >= 15 is 0 Å². The number of amides is 2. The molecule has 1 N–H and O–H groups in total. The van der Waals surface area contributed by atoms with E-state index in [1.54, 1.807) is 30.1 Å². The van der Waals surface area contributed by atoms with Crippen LogP contribution in [0.2, 0.25) is 0 Å². The highest BCUT2D eigenvalue weighted by atomic mass is 19.1.